The van der Waals surface area contributed by atoms with Gasteiger partial charge in [-0.3, -0.25) is 9.59 Å². The number of anilines is 1. The number of amides is 4. The van der Waals surface area contributed by atoms with Gasteiger partial charge in [-0.25, -0.2) is 14.7 Å². The second-order valence-corrected chi connectivity index (χ2v) is 9.95. The number of benzene rings is 1. The summed E-state index contributed by atoms with van der Waals surface area (Å²) in [7, 11) is 3.84. The summed E-state index contributed by atoms with van der Waals surface area (Å²) >= 11 is 0. The normalized spacial score (nSPS) is 23.0. The number of carbonyl (C=O) groups excluding carboxylic acids is 3. The number of carbonyl (C=O) groups is 3. The molecule has 0 bridgehead atoms. The van der Waals surface area contributed by atoms with Crippen molar-refractivity contribution in [3.8, 4) is 0 Å². The highest BCUT2D eigenvalue weighted by Crippen LogP contribution is 2.45. The third kappa shape index (κ3) is 3.71. The van der Waals surface area contributed by atoms with E-state index in [4.69, 9.17) is 0 Å². The summed E-state index contributed by atoms with van der Waals surface area (Å²) in [5, 5.41) is 5.93. The van der Waals surface area contributed by atoms with Crippen molar-refractivity contribution in [2.24, 2.45) is 11.8 Å². The number of aryl methyl sites for hydroxylation is 1. The molecule has 3 atom stereocenters. The number of rotatable bonds is 7. The third-order valence-electron chi connectivity index (χ3n) is 7.51. The molecule has 2 aromatic rings. The topological polar surface area (TPSA) is 94.6 Å². The van der Waals surface area contributed by atoms with E-state index in [0.717, 1.165) is 41.8 Å². The molecule has 4 amide bonds. The number of pyridine rings is 1. The van der Waals surface area contributed by atoms with Crippen LogP contribution in [0, 0.1) is 11.8 Å². The van der Waals surface area contributed by atoms with Crippen LogP contribution in [0.25, 0.3) is 0 Å². The number of nitrogens with one attached hydrogen (secondary N) is 2. The van der Waals surface area contributed by atoms with Crippen LogP contribution in [0.2, 0.25) is 0 Å². The molecule has 2 fully saturated rings. The van der Waals surface area contributed by atoms with Gasteiger partial charge >= 0.3 is 6.03 Å². The molecule has 3 aliphatic rings. The van der Waals surface area contributed by atoms with E-state index in [1.54, 1.807) is 6.20 Å². The zero-order valence-electron chi connectivity index (χ0n) is 19.9. The van der Waals surface area contributed by atoms with Gasteiger partial charge in [-0.2, -0.15) is 0 Å². The zero-order chi connectivity index (χ0) is 24.0. The molecule has 0 radical (unpaired) electrons. The maximum Gasteiger partial charge on any atom is 0.326 e. The maximum absolute atomic E-state index is 13.8. The average Bonchev–Trinajstić information content (AvgIpc) is 3.58. The summed E-state index contributed by atoms with van der Waals surface area (Å²) in [6, 6.07) is 10.2. The number of aromatic nitrogens is 1. The highest BCUT2D eigenvalue weighted by atomic mass is 16.2. The maximum atomic E-state index is 13.8. The first-order chi connectivity index (χ1) is 16.3. The molecule has 1 aliphatic heterocycles. The fourth-order valence-corrected chi connectivity index (χ4v) is 5.36. The van der Waals surface area contributed by atoms with E-state index in [2.05, 4.69) is 15.6 Å². The number of hydrogen-bond acceptors (Lipinski definition) is 5. The highest BCUT2D eigenvalue weighted by molar-refractivity contribution is 6.10. The van der Waals surface area contributed by atoms with Crippen LogP contribution in [-0.2, 0) is 28.1 Å². The minimum atomic E-state index is -1.07. The van der Waals surface area contributed by atoms with Crippen molar-refractivity contribution in [1.82, 2.24) is 20.5 Å². The molecule has 1 unspecified atom stereocenters. The molecule has 5 rings (SSSR count). The lowest BCUT2D eigenvalue weighted by Crippen LogP contribution is -2.54. The van der Waals surface area contributed by atoms with Crippen molar-refractivity contribution in [3.63, 3.8) is 0 Å². The Hall–Kier alpha value is -3.42. The van der Waals surface area contributed by atoms with Gasteiger partial charge in [0.05, 0.1) is 0 Å². The summed E-state index contributed by atoms with van der Waals surface area (Å²) in [4.78, 5) is 48.0. The van der Waals surface area contributed by atoms with E-state index in [1.165, 1.54) is 4.90 Å². The Morgan fingerprint density at radius 1 is 1.24 bits per heavy atom. The van der Waals surface area contributed by atoms with Gasteiger partial charge in [-0.15, -0.1) is 0 Å². The van der Waals surface area contributed by atoms with Gasteiger partial charge in [0.2, 0.25) is 5.91 Å². The summed E-state index contributed by atoms with van der Waals surface area (Å²) in [5.74, 6) is 0.437. The van der Waals surface area contributed by atoms with E-state index in [-0.39, 0.29) is 24.3 Å². The fraction of sp³-hybridized carbons (Fsp3) is 0.462. The van der Waals surface area contributed by atoms with Gasteiger partial charge in [0.15, 0.2) is 0 Å². The van der Waals surface area contributed by atoms with Crippen LogP contribution in [0.4, 0.5) is 10.6 Å². The van der Waals surface area contributed by atoms with Crippen LogP contribution >= 0.6 is 0 Å². The number of urea groups is 1. The van der Waals surface area contributed by atoms with E-state index in [9.17, 15) is 14.4 Å². The predicted octanol–water partition coefficient (Wildman–Crippen LogP) is 2.57. The van der Waals surface area contributed by atoms with E-state index < -0.39 is 17.6 Å². The lowest BCUT2D eigenvalue weighted by atomic mass is 9.89. The Labute approximate surface area is 199 Å². The van der Waals surface area contributed by atoms with Crippen molar-refractivity contribution < 1.29 is 14.4 Å². The number of fused-ring (bicyclic) bond motifs is 2. The molecule has 1 aromatic heterocycles. The molecular weight excluding hydrogens is 430 g/mol. The smallest absolute Gasteiger partial charge is 0.326 e. The molecular formula is C26H31N5O3. The summed E-state index contributed by atoms with van der Waals surface area (Å²) in [5.41, 5.74) is 1.71. The summed E-state index contributed by atoms with van der Waals surface area (Å²) in [6.07, 6.45) is 4.99. The van der Waals surface area contributed by atoms with Gasteiger partial charge in [-0.1, -0.05) is 37.3 Å². The standard InChI is InChI=1S/C26H31N5O3/c1-16(18-9-10-18)22(23(32)28-15-17-8-11-21(27-14-17)30(2)3)31-24(33)26(29-25(31)34)13-12-19-6-4-5-7-20(19)26/h4-8,11,14,16,18,22H,9-10,12-13,15H2,1-3H3,(H,28,32)(H,29,34)/t16-,22?,26-/m0/s1. The zero-order valence-corrected chi connectivity index (χ0v) is 19.9. The molecule has 178 valence electrons. The van der Waals surface area contributed by atoms with Gasteiger partial charge in [0.1, 0.15) is 17.4 Å². The second kappa shape index (κ2) is 8.42. The molecule has 2 aliphatic carbocycles. The Morgan fingerprint density at radius 2 is 2.00 bits per heavy atom. The van der Waals surface area contributed by atoms with Crippen LogP contribution in [-0.4, -0.2) is 47.9 Å². The Morgan fingerprint density at radius 3 is 2.68 bits per heavy atom. The number of imide groups is 1. The Kier molecular flexibility index (Phi) is 5.54. The van der Waals surface area contributed by atoms with Crippen LogP contribution in [0.15, 0.2) is 42.6 Å². The van der Waals surface area contributed by atoms with Crippen molar-refractivity contribution in [3.05, 3.63) is 59.3 Å². The fourth-order valence-electron chi connectivity index (χ4n) is 5.36. The number of hydrogen-bond donors (Lipinski definition) is 2. The largest absolute Gasteiger partial charge is 0.363 e. The molecule has 1 aromatic carbocycles. The minimum absolute atomic E-state index is 0.115. The number of nitrogens with zero attached hydrogens (tertiary/aromatic N) is 3. The molecule has 34 heavy (non-hydrogen) atoms. The Bertz CT molecular complexity index is 1130. The van der Waals surface area contributed by atoms with Crippen LogP contribution in [0.5, 0.6) is 0 Å². The monoisotopic (exact) mass is 461 g/mol. The predicted molar refractivity (Wildman–Crippen MR) is 128 cm³/mol. The van der Waals surface area contributed by atoms with E-state index in [0.29, 0.717) is 12.3 Å². The van der Waals surface area contributed by atoms with Gasteiger partial charge in [-0.05, 0) is 60.3 Å². The second-order valence-electron chi connectivity index (χ2n) is 9.95. The molecule has 8 heteroatoms. The lowest BCUT2D eigenvalue weighted by Gasteiger charge is -2.31. The van der Waals surface area contributed by atoms with Crippen molar-refractivity contribution in [1.29, 1.82) is 0 Å². The first-order valence-corrected chi connectivity index (χ1v) is 12.0. The van der Waals surface area contributed by atoms with Gasteiger partial charge < -0.3 is 15.5 Å². The van der Waals surface area contributed by atoms with Crippen LogP contribution in [0.1, 0.15) is 42.9 Å². The summed E-state index contributed by atoms with van der Waals surface area (Å²) < 4.78 is 0. The van der Waals surface area contributed by atoms with E-state index >= 15 is 0 Å². The average molecular weight is 462 g/mol. The highest BCUT2D eigenvalue weighted by Gasteiger charge is 2.59. The van der Waals surface area contributed by atoms with E-state index in [1.807, 2.05) is 62.3 Å². The molecule has 1 saturated carbocycles. The molecule has 8 nitrogen and oxygen atoms in total. The molecule has 2 N–H and O–H groups in total. The van der Waals surface area contributed by atoms with Crippen molar-refractivity contribution in [2.75, 3.05) is 19.0 Å². The molecule has 1 spiro atoms. The SMILES string of the molecule is C[C@@H](C1CC1)C(C(=O)NCc1ccc(N(C)C)nc1)N1C(=O)N[C@]2(CCc3ccccc32)C1=O. The van der Waals surface area contributed by atoms with Gasteiger partial charge in [0.25, 0.3) is 5.91 Å². The minimum Gasteiger partial charge on any atom is -0.363 e. The molecule has 2 heterocycles. The molecule has 1 saturated heterocycles. The first kappa shape index (κ1) is 22.4. The van der Waals surface area contributed by atoms with Crippen LogP contribution in [0.3, 0.4) is 0 Å². The van der Waals surface area contributed by atoms with Crippen LogP contribution < -0.4 is 15.5 Å². The van der Waals surface area contributed by atoms with Crippen molar-refractivity contribution >= 4 is 23.7 Å². The Balaban J connectivity index is 1.38. The summed E-state index contributed by atoms with van der Waals surface area (Å²) in [6.45, 7) is 2.26. The third-order valence-corrected chi connectivity index (χ3v) is 7.51. The van der Waals surface area contributed by atoms with Crippen molar-refractivity contribution in [2.45, 2.75) is 50.7 Å². The lowest BCUT2D eigenvalue weighted by molar-refractivity contribution is -0.140. The quantitative estimate of drug-likeness (QED) is 0.618. The first-order valence-electron chi connectivity index (χ1n) is 12.0. The van der Waals surface area contributed by atoms with Gasteiger partial charge in [0, 0.05) is 26.8 Å².